The second kappa shape index (κ2) is 10.6. The van der Waals surface area contributed by atoms with Crippen molar-refractivity contribution in [3.63, 3.8) is 0 Å². The normalized spacial score (nSPS) is 10.9. The van der Waals surface area contributed by atoms with E-state index in [1.165, 1.54) is 0 Å². The van der Waals surface area contributed by atoms with E-state index in [9.17, 15) is 23.1 Å². The zero-order chi connectivity index (χ0) is 21.3. The Morgan fingerprint density at radius 2 is 1.71 bits per heavy atom. The maximum Gasteiger partial charge on any atom is 0.490 e. The molecule has 0 aliphatic rings. The van der Waals surface area contributed by atoms with Crippen LogP contribution < -0.4 is 0 Å². The summed E-state index contributed by atoms with van der Waals surface area (Å²) in [5.41, 5.74) is 1.84. The number of alkyl halides is 3. The van der Waals surface area contributed by atoms with Gasteiger partial charge in [-0.3, -0.25) is 9.88 Å². The molecular weight excluding hydrogens is 401 g/mol. The Morgan fingerprint density at radius 3 is 2.21 bits per heavy atom. The number of hydrogen-bond donors (Lipinski definition) is 2. The molecule has 2 rings (SSSR count). The van der Waals surface area contributed by atoms with Gasteiger partial charge in [0.05, 0.1) is 11.3 Å². The fraction of sp³-hybridized carbons (Fsp3) is 0.278. The van der Waals surface area contributed by atoms with Crippen LogP contribution in [0.4, 0.5) is 13.2 Å². The molecule has 0 bridgehead atoms. The second-order valence-electron chi connectivity index (χ2n) is 5.50. The highest BCUT2D eigenvalue weighted by atomic mass is 35.5. The molecule has 0 spiro atoms. The van der Waals surface area contributed by atoms with Crippen LogP contribution in [0.25, 0.3) is 0 Å². The lowest BCUT2D eigenvalue weighted by atomic mass is 10.1. The van der Waals surface area contributed by atoms with Crippen LogP contribution in [-0.2, 0) is 17.9 Å². The summed E-state index contributed by atoms with van der Waals surface area (Å²) in [4.78, 5) is 26.4. The lowest BCUT2D eigenvalue weighted by Crippen LogP contribution is -2.24. The number of halogens is 4. The van der Waals surface area contributed by atoms with Crippen molar-refractivity contribution >= 4 is 23.5 Å². The third kappa shape index (κ3) is 7.53. The van der Waals surface area contributed by atoms with Gasteiger partial charge in [0.2, 0.25) is 0 Å². The molecule has 28 heavy (non-hydrogen) atoms. The smallest absolute Gasteiger partial charge is 0.478 e. The van der Waals surface area contributed by atoms with Gasteiger partial charge in [-0.1, -0.05) is 36.7 Å². The van der Waals surface area contributed by atoms with Gasteiger partial charge in [0.25, 0.3) is 0 Å². The van der Waals surface area contributed by atoms with Crippen LogP contribution >= 0.6 is 11.6 Å². The summed E-state index contributed by atoms with van der Waals surface area (Å²) in [6, 6.07) is 10.9. The number of aliphatic carboxylic acids is 1. The maximum atomic E-state index is 11.2. The van der Waals surface area contributed by atoms with Crippen molar-refractivity contribution in [2.45, 2.75) is 26.2 Å². The zero-order valence-corrected chi connectivity index (χ0v) is 15.5. The molecular formula is C18H18ClF3N2O4. The summed E-state index contributed by atoms with van der Waals surface area (Å²) in [6.07, 6.45) is -3.47. The molecule has 0 radical (unpaired) electrons. The van der Waals surface area contributed by atoms with Crippen LogP contribution in [-0.4, -0.2) is 44.8 Å². The first-order valence-electron chi connectivity index (χ1n) is 7.99. The highest BCUT2D eigenvalue weighted by Crippen LogP contribution is 2.18. The molecule has 0 amide bonds. The number of aromatic carboxylic acids is 1. The Labute approximate surface area is 164 Å². The average molecular weight is 419 g/mol. The van der Waals surface area contributed by atoms with Gasteiger partial charge in [0.15, 0.2) is 0 Å². The molecule has 10 heteroatoms. The van der Waals surface area contributed by atoms with E-state index >= 15 is 0 Å². The van der Waals surface area contributed by atoms with Gasteiger partial charge in [0.1, 0.15) is 0 Å². The summed E-state index contributed by atoms with van der Waals surface area (Å²) >= 11 is 6.17. The standard InChI is InChI=1S/C16H17ClN2O2.C2HF3O2/c1-2-19(10-12-6-3-4-8-14(12)17)11-15-13(16(20)21)7-5-9-18-15;3-2(4,5)1(6)7/h3-9H,2,10-11H2,1H3,(H,20,21);(H,6,7). The monoisotopic (exact) mass is 418 g/mol. The molecule has 0 aliphatic heterocycles. The van der Waals surface area contributed by atoms with Crippen molar-refractivity contribution in [3.05, 3.63) is 64.4 Å². The van der Waals surface area contributed by atoms with Crippen molar-refractivity contribution in [2.24, 2.45) is 0 Å². The van der Waals surface area contributed by atoms with Gasteiger partial charge in [-0.05, 0) is 30.3 Å². The van der Waals surface area contributed by atoms with Gasteiger partial charge in [-0.25, -0.2) is 9.59 Å². The molecule has 0 atom stereocenters. The fourth-order valence-corrected chi connectivity index (χ4v) is 2.31. The van der Waals surface area contributed by atoms with Crippen molar-refractivity contribution < 1.29 is 33.0 Å². The van der Waals surface area contributed by atoms with Gasteiger partial charge in [0, 0.05) is 24.3 Å². The van der Waals surface area contributed by atoms with Crippen molar-refractivity contribution in [2.75, 3.05) is 6.54 Å². The number of nitrogens with zero attached hydrogens (tertiary/aromatic N) is 2. The molecule has 0 unspecified atom stereocenters. The predicted octanol–water partition coefficient (Wildman–Crippen LogP) is 4.09. The number of carboxylic acids is 2. The first-order chi connectivity index (χ1) is 13.1. The lowest BCUT2D eigenvalue weighted by Gasteiger charge is -2.21. The minimum absolute atomic E-state index is 0.245. The van der Waals surface area contributed by atoms with Gasteiger partial charge < -0.3 is 10.2 Å². The molecule has 0 saturated carbocycles. The number of aromatic nitrogens is 1. The van der Waals surface area contributed by atoms with E-state index in [0.717, 1.165) is 17.1 Å². The first kappa shape index (κ1) is 23.4. The van der Waals surface area contributed by atoms with Crippen molar-refractivity contribution in [1.82, 2.24) is 9.88 Å². The van der Waals surface area contributed by atoms with E-state index < -0.39 is 18.1 Å². The quantitative estimate of drug-likeness (QED) is 0.734. The van der Waals surface area contributed by atoms with Crippen LogP contribution in [0.1, 0.15) is 28.5 Å². The topological polar surface area (TPSA) is 90.7 Å². The summed E-state index contributed by atoms with van der Waals surface area (Å²) < 4.78 is 31.7. The fourth-order valence-electron chi connectivity index (χ4n) is 2.12. The number of rotatable bonds is 6. The number of pyridine rings is 1. The van der Waals surface area contributed by atoms with E-state index in [1.54, 1.807) is 18.3 Å². The van der Waals surface area contributed by atoms with E-state index in [4.69, 9.17) is 21.5 Å². The molecule has 1 aromatic carbocycles. The average Bonchev–Trinajstić information content (AvgIpc) is 2.63. The minimum Gasteiger partial charge on any atom is -0.478 e. The Morgan fingerprint density at radius 1 is 1.11 bits per heavy atom. The molecule has 0 saturated heterocycles. The lowest BCUT2D eigenvalue weighted by molar-refractivity contribution is -0.192. The molecule has 152 valence electrons. The van der Waals surface area contributed by atoms with E-state index in [2.05, 4.69) is 9.88 Å². The maximum absolute atomic E-state index is 11.2. The Kier molecular flexibility index (Phi) is 8.87. The van der Waals surface area contributed by atoms with Crippen molar-refractivity contribution in [1.29, 1.82) is 0 Å². The molecule has 1 aromatic heterocycles. The number of benzene rings is 1. The van der Waals surface area contributed by atoms with Gasteiger partial charge in [-0.15, -0.1) is 0 Å². The first-order valence-corrected chi connectivity index (χ1v) is 8.37. The SMILES string of the molecule is CCN(Cc1ccccc1Cl)Cc1ncccc1C(=O)O.O=C(O)C(F)(F)F. The van der Waals surface area contributed by atoms with Crippen LogP contribution in [0, 0.1) is 0 Å². The molecule has 6 nitrogen and oxygen atoms in total. The second-order valence-corrected chi connectivity index (χ2v) is 5.91. The van der Waals surface area contributed by atoms with Gasteiger partial charge >= 0.3 is 18.1 Å². The summed E-state index contributed by atoms with van der Waals surface area (Å²) in [7, 11) is 0. The summed E-state index contributed by atoms with van der Waals surface area (Å²) in [5, 5.41) is 17.0. The summed E-state index contributed by atoms with van der Waals surface area (Å²) in [6.45, 7) is 3.94. The zero-order valence-electron chi connectivity index (χ0n) is 14.8. The predicted molar refractivity (Wildman–Crippen MR) is 96.1 cm³/mol. The highest BCUT2D eigenvalue weighted by Gasteiger charge is 2.38. The molecule has 0 aliphatic carbocycles. The highest BCUT2D eigenvalue weighted by molar-refractivity contribution is 6.31. The molecule has 1 heterocycles. The third-order valence-corrected chi connectivity index (χ3v) is 3.90. The Balaban J connectivity index is 0.000000480. The van der Waals surface area contributed by atoms with E-state index in [1.807, 2.05) is 31.2 Å². The van der Waals surface area contributed by atoms with Crippen molar-refractivity contribution in [3.8, 4) is 0 Å². The van der Waals surface area contributed by atoms with Crippen LogP contribution in [0.15, 0.2) is 42.6 Å². The van der Waals surface area contributed by atoms with Crippen LogP contribution in [0.3, 0.4) is 0 Å². The van der Waals surface area contributed by atoms with E-state index in [-0.39, 0.29) is 5.56 Å². The minimum atomic E-state index is -5.08. The number of carboxylic acid groups (broad SMARTS) is 2. The number of hydrogen-bond acceptors (Lipinski definition) is 4. The third-order valence-electron chi connectivity index (χ3n) is 3.54. The Hall–Kier alpha value is -2.65. The molecule has 0 fully saturated rings. The Bertz CT molecular complexity index is 815. The molecule has 2 N–H and O–H groups in total. The number of carbonyl (C=O) groups is 2. The van der Waals surface area contributed by atoms with Crippen LogP contribution in [0.2, 0.25) is 5.02 Å². The van der Waals surface area contributed by atoms with Gasteiger partial charge in [-0.2, -0.15) is 13.2 Å². The molecule has 2 aromatic rings. The van der Waals surface area contributed by atoms with E-state index in [0.29, 0.717) is 18.8 Å². The van der Waals surface area contributed by atoms with Crippen LogP contribution in [0.5, 0.6) is 0 Å². The summed E-state index contributed by atoms with van der Waals surface area (Å²) in [5.74, 6) is -3.71. The largest absolute Gasteiger partial charge is 0.490 e.